The van der Waals surface area contributed by atoms with Crippen LogP contribution in [0, 0.1) is 26.6 Å². The Kier molecular flexibility index (Phi) is 30.8. The van der Waals surface area contributed by atoms with E-state index in [-0.39, 0.29) is 128 Å². The van der Waals surface area contributed by atoms with Crippen molar-refractivity contribution in [2.75, 3.05) is 13.7 Å². The van der Waals surface area contributed by atoms with E-state index in [4.69, 9.17) is 44.3 Å². The van der Waals surface area contributed by atoms with Crippen molar-refractivity contribution in [3.05, 3.63) is 331 Å². The van der Waals surface area contributed by atoms with Gasteiger partial charge in [-0.25, -0.2) is 4.39 Å². The second-order valence-corrected chi connectivity index (χ2v) is 38.1. The summed E-state index contributed by atoms with van der Waals surface area (Å²) in [5.74, 6) is 2.98. The zero-order valence-electron chi connectivity index (χ0n) is 75.2. The van der Waals surface area contributed by atoms with Crippen LogP contribution in [0.2, 0.25) is 15.1 Å². The lowest BCUT2D eigenvalue weighted by Crippen LogP contribution is -2.28. The molecule has 10 atom stereocenters. The van der Waals surface area contributed by atoms with E-state index < -0.39 is 0 Å². The fourth-order valence-corrected chi connectivity index (χ4v) is 19.8. The Morgan fingerprint density at radius 3 is 1.02 bits per heavy atom. The smallest absolute Gasteiger partial charge is 0.266 e. The zero-order valence-corrected chi connectivity index (χ0v) is 77.5. The first-order chi connectivity index (χ1) is 63.2. The first kappa shape index (κ1) is 94.3. The molecule has 5 aliphatic heterocycles. The fourth-order valence-electron chi connectivity index (χ4n) is 19.1. The largest absolute Gasteiger partial charge is 0.495 e. The Morgan fingerprint density at radius 2 is 0.687 bits per heavy atom. The average Bonchev–Trinajstić information content (AvgIpc) is 1.67. The molecule has 4 saturated carbocycles. The molecular formula is C105H118Cl3FN10O12. The number of hydrogen-bond donors (Lipinski definition) is 10. The van der Waals surface area contributed by atoms with E-state index in [0.717, 1.165) is 186 Å². The topological polar surface area (TPSA) is 328 Å². The van der Waals surface area contributed by atoms with E-state index in [0.29, 0.717) is 104 Å². The molecule has 5 aromatic carbocycles. The van der Waals surface area contributed by atoms with E-state index in [9.17, 15) is 52.3 Å². The van der Waals surface area contributed by atoms with Crippen LogP contribution >= 0.6 is 34.8 Å². The summed E-state index contributed by atoms with van der Waals surface area (Å²) in [6.45, 7) is 10.7. The summed E-state index contributed by atoms with van der Waals surface area (Å²) in [6.07, 6.45) is 20.1. The molecule has 5 unspecified atom stereocenters. The second-order valence-electron chi connectivity index (χ2n) is 36.9. The van der Waals surface area contributed by atoms with Crippen LogP contribution in [0.5, 0.6) is 11.5 Å². The van der Waals surface area contributed by atoms with Crippen molar-refractivity contribution in [2.45, 2.75) is 272 Å². The standard InChI is InChI=1S/C22H26N2O3.C22H26N2O2.C21H23ClN2O3.C21H23FN2O2.C19H20Cl2N2O2/c1-2-27-17-8-5-15(6-9-17)19(13-16-7-12-21(25)23-16)20-11-10-18(14-3-4-14)22(26)24-20;1-13-3-4-16(11-14(13)2)19(12-17-7-10-21(25)23-17)20-9-8-18(15-5-6-15)22(26)24-20;1-27-19-8-4-13(10-17(19)22)16(11-14-5-9-20(25)23-14)18-7-6-15(12-2-3-12)21(26)24-18;1-12-2-6-16(18(22)10-12)17(11-14-5-9-20(25)23-14)19-8-7-15(13-3-4-13)21(26)24-19;1-2-11-3-4-12(9-16(11)21)14(10-13-5-8-18(24)22-13)17-7-6-15(20)19(25)23-17/h5-6,8-11,14,16,19H,2-4,7,12-13H2,1H3,(H,23,25)(H,24,26);3-4,8-9,11,15,17,19H,5-7,10,12H2,1-2H3,(H,23,25)(H,24,26);4,6-8,10,12,14,16H,2-3,5,9,11H2,1H3,(H,23,25)(H,24,26);2,6-8,10,13-14,17H,3-5,9,11H2,1H3,(H,23,25)(H,24,26);3-4,6-7,9,13-14H,2,5,8,10H2,1H3,(H,22,24)(H,23,25)/t16-,19?;17-,19?;14-,16?;14-,17?;13-,14?/m11111/s1. The monoisotopic (exact) mass is 1830 g/mol. The predicted molar refractivity (Wildman–Crippen MR) is 510 cm³/mol. The highest BCUT2D eigenvalue weighted by Gasteiger charge is 2.37. The number of carbonyl (C=O) groups is 5. The van der Waals surface area contributed by atoms with Gasteiger partial charge in [-0.3, -0.25) is 47.9 Å². The summed E-state index contributed by atoms with van der Waals surface area (Å²) in [4.78, 5) is 135. The summed E-state index contributed by atoms with van der Waals surface area (Å²) in [7, 11) is 1.58. The maximum atomic E-state index is 14.7. The van der Waals surface area contributed by atoms with Crippen LogP contribution in [-0.2, 0) is 30.4 Å². The quantitative estimate of drug-likeness (QED) is 0.0219. The van der Waals surface area contributed by atoms with Gasteiger partial charge in [0.05, 0.1) is 18.7 Å². The lowest BCUT2D eigenvalue weighted by molar-refractivity contribution is -0.120. The molecule has 0 radical (unpaired) electrons. The lowest BCUT2D eigenvalue weighted by atomic mass is 9.86. The molecule has 0 spiro atoms. The minimum atomic E-state index is -0.309. The molecule has 9 aliphatic rings. The molecule has 19 rings (SSSR count). The number of ether oxygens (including phenoxy) is 2. The van der Waals surface area contributed by atoms with E-state index in [2.05, 4.69) is 109 Å². The minimum absolute atomic E-state index is 0.000172. The molecule has 10 N–H and O–H groups in total. The number of hydrogen-bond acceptors (Lipinski definition) is 12. The molecular weight excluding hydrogens is 1720 g/mol. The van der Waals surface area contributed by atoms with Gasteiger partial charge in [0.1, 0.15) is 22.3 Å². The van der Waals surface area contributed by atoms with Crippen LogP contribution in [0.4, 0.5) is 4.39 Å². The number of aromatic nitrogens is 5. The number of rotatable bonds is 28. The Balaban J connectivity index is 0.000000125. The van der Waals surface area contributed by atoms with Crippen molar-refractivity contribution in [3.8, 4) is 11.5 Å². The van der Waals surface area contributed by atoms with Crippen molar-refractivity contribution >= 4 is 64.3 Å². The number of benzene rings is 5. The normalized spacial score (nSPS) is 20.1. The first-order valence-electron chi connectivity index (χ1n) is 46.6. The number of pyridine rings is 5. The van der Waals surface area contributed by atoms with Gasteiger partial charge in [-0.1, -0.05) is 127 Å². The van der Waals surface area contributed by atoms with Crippen molar-refractivity contribution in [1.29, 1.82) is 0 Å². The third-order valence-electron chi connectivity index (χ3n) is 27.2. The number of amides is 5. The number of nitrogens with one attached hydrogen (secondary N) is 10. The Hall–Kier alpha value is -11.4. The molecule has 688 valence electrons. The SMILES string of the molecule is CCOc1ccc(C(C[C@H]2CCC(=O)N2)c2ccc(C3CC3)c(=O)[nH]2)cc1.CCc1ccc(C(C[C@H]2CCC(=O)N2)c2ccc(Cl)c(=O)[nH]2)cc1Cl.COc1ccc(C(C[C@H]2CCC(=O)N2)c2ccc(C3CC3)c(=O)[nH]2)cc1Cl.Cc1ccc(C(C[C@H]2CCC(=O)N2)c2ccc(C3CC3)c(=O)[nH]2)c(F)c1.Cc1ccc(C(C[C@H]2CCC(=O)N2)c2ccc(C3CC3)c(=O)[nH]2)cc1C. The van der Waals surface area contributed by atoms with Gasteiger partial charge >= 0.3 is 0 Å². The van der Waals surface area contributed by atoms with E-state index >= 15 is 0 Å². The summed E-state index contributed by atoms with van der Waals surface area (Å²) in [5.41, 5.74) is 16.8. The molecule has 10 aromatic rings. The van der Waals surface area contributed by atoms with E-state index in [1.807, 2.05) is 117 Å². The number of methoxy groups -OCH3 is 1. The third kappa shape index (κ3) is 24.7. The van der Waals surface area contributed by atoms with Gasteiger partial charge in [-0.15, -0.1) is 0 Å². The van der Waals surface area contributed by atoms with Gasteiger partial charge in [0.15, 0.2) is 0 Å². The zero-order chi connectivity index (χ0) is 92.3. The second kappa shape index (κ2) is 42.9. The number of aryl methyl sites for hydroxylation is 4. The van der Waals surface area contributed by atoms with Gasteiger partial charge in [0.2, 0.25) is 29.5 Å². The van der Waals surface area contributed by atoms with Crippen LogP contribution in [0.15, 0.2) is 182 Å². The van der Waals surface area contributed by atoms with E-state index in [1.165, 1.54) is 22.8 Å². The molecule has 5 aromatic heterocycles. The maximum Gasteiger partial charge on any atom is 0.266 e. The van der Waals surface area contributed by atoms with Crippen molar-refractivity contribution in [3.63, 3.8) is 0 Å². The third-order valence-corrected chi connectivity index (χ3v) is 28.1. The highest BCUT2D eigenvalue weighted by atomic mass is 35.5. The molecule has 26 heteroatoms. The Labute approximate surface area is 777 Å². The molecule has 131 heavy (non-hydrogen) atoms. The van der Waals surface area contributed by atoms with Gasteiger partial charge < -0.3 is 61.0 Å². The van der Waals surface area contributed by atoms with Gasteiger partial charge in [-0.05, 0) is 296 Å². The number of aromatic amines is 5. The van der Waals surface area contributed by atoms with Crippen molar-refractivity contribution < 1.29 is 37.8 Å². The van der Waals surface area contributed by atoms with Crippen LogP contribution in [-0.4, -0.2) is 98.4 Å². The van der Waals surface area contributed by atoms with Crippen LogP contribution in [0.1, 0.15) is 316 Å². The average molecular weight is 1840 g/mol. The molecule has 9 fully saturated rings. The molecule has 10 heterocycles. The predicted octanol–water partition coefficient (Wildman–Crippen LogP) is 18.4. The molecule has 4 aliphatic carbocycles. The van der Waals surface area contributed by atoms with Crippen LogP contribution in [0.25, 0.3) is 0 Å². The fraction of sp³-hybridized carbons (Fsp3) is 0.429. The van der Waals surface area contributed by atoms with Gasteiger partial charge in [-0.2, -0.15) is 0 Å². The van der Waals surface area contributed by atoms with Gasteiger partial charge in [0, 0.05) is 148 Å². The number of halogens is 4. The maximum absolute atomic E-state index is 14.7. The highest BCUT2D eigenvalue weighted by Crippen LogP contribution is 2.45. The van der Waals surface area contributed by atoms with Crippen molar-refractivity contribution in [2.24, 2.45) is 0 Å². The Bertz CT molecular complexity index is 6150. The highest BCUT2D eigenvalue weighted by molar-refractivity contribution is 6.32. The molecule has 0 bridgehead atoms. The minimum Gasteiger partial charge on any atom is -0.495 e. The summed E-state index contributed by atoms with van der Waals surface area (Å²) >= 11 is 18.6. The first-order valence-corrected chi connectivity index (χ1v) is 47.8. The van der Waals surface area contributed by atoms with Gasteiger partial charge in [0.25, 0.3) is 27.8 Å². The molecule has 22 nitrogen and oxygen atoms in total. The van der Waals surface area contributed by atoms with Crippen LogP contribution < -0.4 is 63.9 Å². The Morgan fingerprint density at radius 1 is 0.344 bits per heavy atom. The number of H-pyrrole nitrogens is 5. The number of carbonyl (C=O) groups excluding carboxylic acids is 5. The lowest BCUT2D eigenvalue weighted by Gasteiger charge is -2.22. The van der Waals surface area contributed by atoms with Crippen molar-refractivity contribution in [1.82, 2.24) is 51.5 Å². The molecule has 5 saturated heterocycles. The van der Waals surface area contributed by atoms with E-state index in [1.54, 1.807) is 19.2 Å². The van der Waals surface area contributed by atoms with Crippen LogP contribution in [0.3, 0.4) is 0 Å². The summed E-state index contributed by atoms with van der Waals surface area (Å²) in [6, 6.07) is 51.3. The summed E-state index contributed by atoms with van der Waals surface area (Å²) < 4.78 is 25.5. The molecule has 5 amide bonds. The summed E-state index contributed by atoms with van der Waals surface area (Å²) in [5, 5.41) is 16.5.